The average Bonchev–Trinajstić information content (AvgIpc) is 3.57. The van der Waals surface area contributed by atoms with Crippen molar-refractivity contribution in [2.24, 2.45) is 0 Å². The highest BCUT2D eigenvalue weighted by Gasteiger charge is 2.26. The molecule has 4 aromatic rings. The van der Waals surface area contributed by atoms with E-state index in [-0.39, 0.29) is 11.9 Å². The van der Waals surface area contributed by atoms with Gasteiger partial charge in [-0.25, -0.2) is 9.67 Å². The fourth-order valence-corrected chi connectivity index (χ4v) is 3.93. The van der Waals surface area contributed by atoms with Crippen LogP contribution < -0.4 is 5.73 Å². The van der Waals surface area contributed by atoms with Crippen molar-refractivity contribution in [3.8, 4) is 17.7 Å². The Balaban J connectivity index is 1.60. The maximum atomic E-state index is 13.2. The van der Waals surface area contributed by atoms with Crippen LogP contribution in [-0.4, -0.2) is 53.9 Å². The number of anilines is 1. The highest BCUT2D eigenvalue weighted by atomic mass is 16.5. The number of aliphatic hydroxyl groups is 1. The van der Waals surface area contributed by atoms with Gasteiger partial charge in [-0.3, -0.25) is 4.79 Å². The molecule has 5 rings (SSSR count). The molecule has 1 atom stereocenters. The average molecular weight is 457 g/mol. The Bertz CT molecular complexity index is 1450. The summed E-state index contributed by atoms with van der Waals surface area (Å²) in [6.07, 6.45) is 3.50. The van der Waals surface area contributed by atoms with Crippen molar-refractivity contribution in [3.63, 3.8) is 0 Å². The van der Waals surface area contributed by atoms with Crippen LogP contribution in [0.4, 0.5) is 5.95 Å². The first-order valence-corrected chi connectivity index (χ1v) is 10.9. The van der Waals surface area contributed by atoms with E-state index in [0.29, 0.717) is 52.5 Å². The Hall–Kier alpha value is -4.23. The van der Waals surface area contributed by atoms with Gasteiger partial charge < -0.3 is 20.3 Å². The fraction of sp³-hybridized carbons (Fsp3) is 0.292. The van der Waals surface area contributed by atoms with Crippen molar-refractivity contribution in [2.45, 2.75) is 32.3 Å². The zero-order valence-electron chi connectivity index (χ0n) is 18.8. The Morgan fingerprint density at radius 3 is 2.74 bits per heavy atom. The number of nitrogens with two attached hydrogens (primary N) is 1. The lowest BCUT2D eigenvalue weighted by Crippen LogP contribution is -2.28. The molecule has 1 saturated heterocycles. The number of rotatable bonds is 3. The van der Waals surface area contributed by atoms with Gasteiger partial charge in [0.05, 0.1) is 5.52 Å². The quantitative estimate of drug-likeness (QED) is 0.447. The molecule has 3 N–H and O–H groups in total. The SMILES string of the molecule is Cc1cc(C(C)(O)C#Cc2ccc3c(C(=O)N4CCCC4)nn(-c4ccnc(N)n4)c3c2)no1. The van der Waals surface area contributed by atoms with Crippen LogP contribution in [0.15, 0.2) is 41.1 Å². The largest absolute Gasteiger partial charge is 0.372 e. The summed E-state index contributed by atoms with van der Waals surface area (Å²) in [7, 11) is 0. The Morgan fingerprint density at radius 2 is 2.03 bits per heavy atom. The zero-order chi connectivity index (χ0) is 23.9. The first-order valence-electron chi connectivity index (χ1n) is 10.9. The van der Waals surface area contributed by atoms with Gasteiger partial charge in [0.2, 0.25) is 5.95 Å². The number of nitrogens with zero attached hydrogens (tertiary/aromatic N) is 6. The highest BCUT2D eigenvalue weighted by molar-refractivity contribution is 6.05. The van der Waals surface area contributed by atoms with E-state index in [4.69, 9.17) is 10.3 Å². The number of carbonyl (C=O) groups is 1. The summed E-state index contributed by atoms with van der Waals surface area (Å²) in [4.78, 5) is 23.2. The lowest BCUT2D eigenvalue weighted by Gasteiger charge is -2.13. The molecular weight excluding hydrogens is 434 g/mol. The number of aryl methyl sites for hydroxylation is 1. The van der Waals surface area contributed by atoms with Crippen molar-refractivity contribution in [1.82, 2.24) is 29.8 Å². The Labute approximate surface area is 195 Å². The molecule has 0 saturated carbocycles. The number of hydrogen-bond acceptors (Lipinski definition) is 8. The van der Waals surface area contributed by atoms with Crippen molar-refractivity contribution in [1.29, 1.82) is 0 Å². The lowest BCUT2D eigenvalue weighted by atomic mass is 10.0. The minimum atomic E-state index is -1.50. The molecular formula is C24H23N7O3. The van der Waals surface area contributed by atoms with E-state index in [1.54, 1.807) is 42.8 Å². The van der Waals surface area contributed by atoms with Crippen LogP contribution in [0.1, 0.15) is 47.3 Å². The summed E-state index contributed by atoms with van der Waals surface area (Å²) in [6.45, 7) is 4.73. The van der Waals surface area contributed by atoms with Gasteiger partial charge in [0, 0.05) is 42.4 Å². The van der Waals surface area contributed by atoms with Gasteiger partial charge in [-0.15, -0.1) is 0 Å². The van der Waals surface area contributed by atoms with Crippen LogP contribution in [0, 0.1) is 18.8 Å². The molecule has 0 bridgehead atoms. The predicted molar refractivity (Wildman–Crippen MR) is 124 cm³/mol. The molecule has 1 fully saturated rings. The van der Waals surface area contributed by atoms with Crippen molar-refractivity contribution in [3.05, 3.63) is 59.2 Å². The second kappa shape index (κ2) is 8.28. The molecule has 0 aliphatic carbocycles. The predicted octanol–water partition coefficient (Wildman–Crippen LogP) is 2.19. The van der Waals surface area contributed by atoms with Crippen LogP contribution in [0.5, 0.6) is 0 Å². The van der Waals surface area contributed by atoms with E-state index in [1.807, 2.05) is 11.0 Å². The number of aromatic nitrogens is 5. The zero-order valence-corrected chi connectivity index (χ0v) is 18.8. The van der Waals surface area contributed by atoms with Crippen LogP contribution in [-0.2, 0) is 5.60 Å². The third-order valence-electron chi connectivity index (χ3n) is 5.73. The smallest absolute Gasteiger partial charge is 0.275 e. The van der Waals surface area contributed by atoms with Crippen LogP contribution in [0.3, 0.4) is 0 Å². The minimum absolute atomic E-state index is 0.100. The van der Waals surface area contributed by atoms with Crippen LogP contribution >= 0.6 is 0 Å². The molecule has 1 aromatic carbocycles. The molecule has 4 heterocycles. The molecule has 172 valence electrons. The van der Waals surface area contributed by atoms with Gasteiger partial charge in [-0.05, 0) is 44.9 Å². The fourth-order valence-electron chi connectivity index (χ4n) is 3.93. The van der Waals surface area contributed by atoms with Gasteiger partial charge in [0.15, 0.2) is 17.1 Å². The summed E-state index contributed by atoms with van der Waals surface area (Å²) < 4.78 is 6.63. The maximum absolute atomic E-state index is 13.2. The standard InChI is InChI=1S/C24H23N7O3/c1-15-13-19(29-34-15)24(2,33)9-7-16-5-6-17-18(14-16)31(20-8-10-26-23(25)27-20)28-21(17)22(32)30-11-3-4-12-30/h5-6,8,10,13-14,33H,3-4,11-12H2,1-2H3,(H2,25,26,27). The number of benzene rings is 1. The first kappa shape index (κ1) is 21.6. The van der Waals surface area contributed by atoms with Crippen LogP contribution in [0.25, 0.3) is 16.7 Å². The molecule has 34 heavy (non-hydrogen) atoms. The summed E-state index contributed by atoms with van der Waals surface area (Å²) in [5.74, 6) is 6.84. The van der Waals surface area contributed by atoms with Crippen LogP contribution in [0.2, 0.25) is 0 Å². The number of hydrogen-bond donors (Lipinski definition) is 2. The van der Waals surface area contributed by atoms with E-state index < -0.39 is 5.60 Å². The van der Waals surface area contributed by atoms with Gasteiger partial charge in [0.25, 0.3) is 5.91 Å². The molecule has 10 heteroatoms. The van der Waals surface area contributed by atoms with E-state index in [9.17, 15) is 9.90 Å². The monoisotopic (exact) mass is 457 g/mol. The van der Waals surface area contributed by atoms with E-state index in [1.165, 1.54) is 6.20 Å². The van der Waals surface area contributed by atoms with Gasteiger partial charge in [-0.1, -0.05) is 17.0 Å². The summed E-state index contributed by atoms with van der Waals surface area (Å²) in [6, 6.07) is 8.72. The van der Waals surface area contributed by atoms with Gasteiger partial charge in [0.1, 0.15) is 11.5 Å². The lowest BCUT2D eigenvalue weighted by molar-refractivity contribution is 0.0788. The van der Waals surface area contributed by atoms with E-state index in [2.05, 4.69) is 32.1 Å². The third kappa shape index (κ3) is 3.97. The molecule has 0 spiro atoms. The molecule has 1 unspecified atom stereocenters. The Kier molecular flexibility index (Phi) is 5.26. The number of likely N-dealkylation sites (tertiary alicyclic amines) is 1. The van der Waals surface area contributed by atoms with Gasteiger partial charge >= 0.3 is 0 Å². The molecule has 3 aromatic heterocycles. The molecule has 1 aliphatic heterocycles. The first-order chi connectivity index (χ1) is 16.3. The van der Waals surface area contributed by atoms with E-state index in [0.717, 1.165) is 12.8 Å². The summed E-state index contributed by atoms with van der Waals surface area (Å²) in [5, 5.41) is 19.9. The molecule has 0 radical (unpaired) electrons. The Morgan fingerprint density at radius 1 is 1.24 bits per heavy atom. The second-order valence-electron chi connectivity index (χ2n) is 8.41. The minimum Gasteiger partial charge on any atom is -0.372 e. The highest BCUT2D eigenvalue weighted by Crippen LogP contribution is 2.26. The summed E-state index contributed by atoms with van der Waals surface area (Å²) >= 11 is 0. The van der Waals surface area contributed by atoms with Crippen molar-refractivity contribution >= 4 is 22.8 Å². The van der Waals surface area contributed by atoms with Crippen molar-refractivity contribution < 1.29 is 14.4 Å². The van der Waals surface area contributed by atoms with Gasteiger partial charge in [-0.2, -0.15) is 10.1 Å². The molecule has 1 aliphatic rings. The normalized spacial score (nSPS) is 15.2. The van der Waals surface area contributed by atoms with E-state index >= 15 is 0 Å². The molecule has 10 nitrogen and oxygen atoms in total. The summed E-state index contributed by atoms with van der Waals surface area (Å²) in [5.41, 5.74) is 6.23. The second-order valence-corrected chi connectivity index (χ2v) is 8.41. The third-order valence-corrected chi connectivity index (χ3v) is 5.73. The maximum Gasteiger partial charge on any atom is 0.275 e. The topological polar surface area (TPSA) is 136 Å². The number of nitrogen functional groups attached to an aromatic ring is 1. The number of fused-ring (bicyclic) bond motifs is 1. The number of amides is 1. The number of carbonyl (C=O) groups excluding carboxylic acids is 1. The molecule has 1 amide bonds. The van der Waals surface area contributed by atoms with Crippen molar-refractivity contribution in [2.75, 3.05) is 18.8 Å².